The number of carbonyl (C=O) groups excluding carboxylic acids is 1. The molecule has 0 spiro atoms. The number of carbonyl (C=O) groups is 1. The Morgan fingerprint density at radius 3 is 1.37 bits per heavy atom. The summed E-state index contributed by atoms with van der Waals surface area (Å²) in [5, 5.41) is 0. The van der Waals surface area contributed by atoms with Crippen molar-refractivity contribution in [2.24, 2.45) is 5.92 Å². The van der Waals surface area contributed by atoms with E-state index in [-0.39, 0.29) is 11.9 Å². The first-order chi connectivity index (χ1) is 14.6. The first-order valence-electron chi connectivity index (χ1n) is 13.8. The van der Waals surface area contributed by atoms with Gasteiger partial charge in [0.05, 0.1) is 0 Å². The van der Waals surface area contributed by atoms with E-state index in [1.165, 1.54) is 115 Å². The second-order valence-corrected chi connectivity index (χ2v) is 13.7. The maximum absolute atomic E-state index is 13.3. The fourth-order valence-corrected chi connectivity index (χ4v) is 8.91. The second kappa shape index (κ2) is 20.8. The van der Waals surface area contributed by atoms with Crippen LogP contribution in [0.3, 0.4) is 0 Å². The molecule has 182 valence electrons. The van der Waals surface area contributed by atoms with E-state index in [9.17, 15) is 4.79 Å². The van der Waals surface area contributed by atoms with Crippen LogP contribution in [0, 0.1) is 5.92 Å². The molecule has 0 saturated heterocycles. The normalized spacial score (nSPS) is 13.4. The molecule has 2 nitrogen and oxygen atoms in total. The van der Waals surface area contributed by atoms with E-state index in [2.05, 4.69) is 34.6 Å². The predicted molar refractivity (Wildman–Crippen MR) is 139 cm³/mol. The van der Waals surface area contributed by atoms with Gasteiger partial charge in [-0.05, 0) is 0 Å². The van der Waals surface area contributed by atoms with E-state index in [1.54, 1.807) is 0 Å². The number of unbranched alkanes of at least 4 members (excludes halogenated alkanes) is 11. The summed E-state index contributed by atoms with van der Waals surface area (Å²) in [6.45, 7) is 11.2. The summed E-state index contributed by atoms with van der Waals surface area (Å²) in [7, 11) is -1.98. The molecule has 1 atom stereocenters. The molecule has 0 aromatic rings. The zero-order valence-corrected chi connectivity index (χ0v) is 22.5. The minimum atomic E-state index is -1.98. The maximum atomic E-state index is 13.3. The standard InChI is InChI=1S/C27H57O2P/c1-6-11-15-19-23-30(24-20-16-12-7-2,25-21-17-13-8-3)29-27(28)26(10-5)22-18-14-9-4/h26,30H,6-25H2,1-5H3. The van der Waals surface area contributed by atoms with Gasteiger partial charge in [0.1, 0.15) is 0 Å². The van der Waals surface area contributed by atoms with Crippen LogP contribution in [0.4, 0.5) is 0 Å². The number of hydrogen-bond acceptors (Lipinski definition) is 2. The van der Waals surface area contributed by atoms with Crippen LogP contribution < -0.4 is 0 Å². The molecule has 0 N–H and O–H groups in total. The summed E-state index contributed by atoms with van der Waals surface area (Å²) < 4.78 is 6.66. The monoisotopic (exact) mass is 444 g/mol. The third kappa shape index (κ3) is 14.8. The van der Waals surface area contributed by atoms with E-state index < -0.39 is 7.49 Å². The van der Waals surface area contributed by atoms with Crippen molar-refractivity contribution in [2.75, 3.05) is 18.5 Å². The van der Waals surface area contributed by atoms with Gasteiger partial charge < -0.3 is 0 Å². The molecule has 0 aliphatic carbocycles. The van der Waals surface area contributed by atoms with Gasteiger partial charge in [-0.2, -0.15) is 0 Å². The van der Waals surface area contributed by atoms with Crippen LogP contribution in [0.5, 0.6) is 0 Å². The average Bonchev–Trinajstić information content (AvgIpc) is 2.75. The number of rotatable bonds is 22. The molecule has 0 radical (unpaired) electrons. The molecule has 0 heterocycles. The first-order valence-corrected chi connectivity index (χ1v) is 16.3. The number of hydrogen-bond donors (Lipinski definition) is 0. The second-order valence-electron chi connectivity index (χ2n) is 9.64. The summed E-state index contributed by atoms with van der Waals surface area (Å²) in [6, 6.07) is 0. The topological polar surface area (TPSA) is 26.3 Å². The molecule has 0 saturated carbocycles. The van der Waals surface area contributed by atoms with Crippen LogP contribution in [0.15, 0.2) is 0 Å². The summed E-state index contributed by atoms with van der Waals surface area (Å²) in [4.78, 5) is 13.3. The molecule has 0 bridgehead atoms. The SMILES string of the molecule is CCCCCC[PH](CCCCCC)(CCCCCC)OC(=O)C(CC)CCCCC. The van der Waals surface area contributed by atoms with E-state index in [0.717, 1.165) is 12.8 Å². The first kappa shape index (κ1) is 29.9. The van der Waals surface area contributed by atoms with E-state index >= 15 is 0 Å². The Labute approximate surface area is 191 Å². The van der Waals surface area contributed by atoms with Crippen molar-refractivity contribution in [3.63, 3.8) is 0 Å². The predicted octanol–water partition coefficient (Wildman–Crippen LogP) is 9.54. The van der Waals surface area contributed by atoms with Crippen LogP contribution in [0.25, 0.3) is 0 Å². The molecule has 0 aliphatic heterocycles. The molecule has 3 heteroatoms. The van der Waals surface area contributed by atoms with E-state index in [4.69, 9.17) is 4.52 Å². The van der Waals surface area contributed by atoms with Crippen molar-refractivity contribution in [1.82, 2.24) is 0 Å². The zero-order valence-electron chi connectivity index (χ0n) is 21.5. The van der Waals surface area contributed by atoms with Crippen LogP contribution in [0.1, 0.15) is 144 Å². The minimum absolute atomic E-state index is 0.130. The van der Waals surface area contributed by atoms with Crippen LogP contribution in [-0.2, 0) is 9.32 Å². The Morgan fingerprint density at radius 1 is 0.600 bits per heavy atom. The Hall–Kier alpha value is -0.100. The molecule has 0 aromatic carbocycles. The molecular weight excluding hydrogens is 387 g/mol. The van der Waals surface area contributed by atoms with Crippen molar-refractivity contribution < 1.29 is 9.32 Å². The van der Waals surface area contributed by atoms with Gasteiger partial charge in [-0.3, -0.25) is 0 Å². The van der Waals surface area contributed by atoms with E-state index in [1.807, 2.05) is 0 Å². The summed E-state index contributed by atoms with van der Waals surface area (Å²) >= 11 is 0. The van der Waals surface area contributed by atoms with E-state index in [0.29, 0.717) is 0 Å². The molecule has 30 heavy (non-hydrogen) atoms. The van der Waals surface area contributed by atoms with Gasteiger partial charge in [0, 0.05) is 0 Å². The fourth-order valence-electron chi connectivity index (χ4n) is 4.58. The van der Waals surface area contributed by atoms with Crippen molar-refractivity contribution in [2.45, 2.75) is 144 Å². The van der Waals surface area contributed by atoms with Gasteiger partial charge in [0.25, 0.3) is 0 Å². The van der Waals surface area contributed by atoms with Crippen molar-refractivity contribution in [1.29, 1.82) is 0 Å². The van der Waals surface area contributed by atoms with Gasteiger partial charge in [-0.15, -0.1) is 0 Å². The Bertz CT molecular complexity index is 352. The van der Waals surface area contributed by atoms with Crippen LogP contribution in [-0.4, -0.2) is 24.5 Å². The molecule has 0 rings (SSSR count). The quantitative estimate of drug-likeness (QED) is 0.123. The Morgan fingerprint density at radius 2 is 1.00 bits per heavy atom. The zero-order chi connectivity index (χ0) is 22.5. The molecule has 1 unspecified atom stereocenters. The molecule has 0 amide bonds. The molecule has 0 aliphatic rings. The van der Waals surface area contributed by atoms with Crippen molar-refractivity contribution in [3.8, 4) is 0 Å². The Kier molecular flexibility index (Phi) is 20.7. The fraction of sp³-hybridized carbons (Fsp3) is 0.963. The van der Waals surface area contributed by atoms with Gasteiger partial charge in [0.2, 0.25) is 0 Å². The summed E-state index contributed by atoms with van der Waals surface area (Å²) in [6.07, 6.45) is 24.7. The average molecular weight is 445 g/mol. The third-order valence-electron chi connectivity index (χ3n) is 6.76. The molecule has 0 aromatic heterocycles. The third-order valence-corrected chi connectivity index (χ3v) is 11.2. The van der Waals surface area contributed by atoms with Crippen LogP contribution >= 0.6 is 7.49 Å². The summed E-state index contributed by atoms with van der Waals surface area (Å²) in [5.41, 5.74) is 0. The molecular formula is C27H57O2P. The molecule has 0 fully saturated rings. The van der Waals surface area contributed by atoms with Crippen molar-refractivity contribution >= 4 is 13.5 Å². The van der Waals surface area contributed by atoms with Gasteiger partial charge >= 0.3 is 191 Å². The summed E-state index contributed by atoms with van der Waals surface area (Å²) in [5.74, 6) is 0.298. The Balaban J connectivity index is 5.19. The van der Waals surface area contributed by atoms with Gasteiger partial charge in [0.15, 0.2) is 0 Å². The van der Waals surface area contributed by atoms with Crippen molar-refractivity contribution in [3.05, 3.63) is 0 Å². The van der Waals surface area contributed by atoms with Gasteiger partial charge in [-0.25, -0.2) is 0 Å². The van der Waals surface area contributed by atoms with Crippen LogP contribution in [0.2, 0.25) is 0 Å². The van der Waals surface area contributed by atoms with Gasteiger partial charge in [-0.1, -0.05) is 0 Å².